The van der Waals surface area contributed by atoms with E-state index in [1.165, 1.54) is 48.4 Å². The zero-order chi connectivity index (χ0) is 23.3. The van der Waals surface area contributed by atoms with Gasteiger partial charge in [-0.05, 0) is 68.1 Å². The van der Waals surface area contributed by atoms with Crippen LogP contribution in [0.15, 0.2) is 47.4 Å². The SMILES string of the molecule is COc1ccc(S(=O)(=O)N2CCCC2)cc1C(=O)NCc1ccc(CN2CCCCC2)cc1. The van der Waals surface area contributed by atoms with Gasteiger partial charge in [-0.3, -0.25) is 9.69 Å². The molecule has 0 spiro atoms. The van der Waals surface area contributed by atoms with Gasteiger partial charge < -0.3 is 10.1 Å². The van der Waals surface area contributed by atoms with Gasteiger partial charge in [-0.25, -0.2) is 8.42 Å². The maximum atomic E-state index is 12.9. The molecule has 8 heteroatoms. The molecule has 0 saturated carbocycles. The average Bonchev–Trinajstić information content (AvgIpc) is 3.40. The quantitative estimate of drug-likeness (QED) is 0.639. The predicted octanol–water partition coefficient (Wildman–Crippen LogP) is 3.40. The molecule has 0 unspecified atom stereocenters. The molecule has 2 heterocycles. The Kier molecular flexibility index (Phi) is 7.67. The van der Waals surface area contributed by atoms with Gasteiger partial charge in [0.2, 0.25) is 10.0 Å². The summed E-state index contributed by atoms with van der Waals surface area (Å²) in [5.74, 6) is -0.00698. The summed E-state index contributed by atoms with van der Waals surface area (Å²) in [6.07, 6.45) is 5.59. The van der Waals surface area contributed by atoms with Crippen molar-refractivity contribution in [2.45, 2.75) is 50.1 Å². The first-order valence-electron chi connectivity index (χ1n) is 11.7. The van der Waals surface area contributed by atoms with Crippen LogP contribution in [0.5, 0.6) is 5.75 Å². The second-order valence-corrected chi connectivity index (χ2v) is 10.7. The van der Waals surface area contributed by atoms with E-state index in [-0.39, 0.29) is 16.4 Å². The van der Waals surface area contributed by atoms with Gasteiger partial charge in [0.1, 0.15) is 5.75 Å². The minimum absolute atomic E-state index is 0.123. The van der Waals surface area contributed by atoms with Gasteiger partial charge in [0.25, 0.3) is 5.91 Å². The fourth-order valence-electron chi connectivity index (χ4n) is 4.52. The molecule has 0 aliphatic carbocycles. The minimum atomic E-state index is -3.61. The highest BCUT2D eigenvalue weighted by molar-refractivity contribution is 7.89. The second-order valence-electron chi connectivity index (χ2n) is 8.81. The van der Waals surface area contributed by atoms with Crippen LogP contribution in [0.1, 0.15) is 53.6 Å². The van der Waals surface area contributed by atoms with Crippen molar-refractivity contribution in [1.82, 2.24) is 14.5 Å². The summed E-state index contributed by atoms with van der Waals surface area (Å²) in [7, 11) is -2.14. The predicted molar refractivity (Wildman–Crippen MR) is 128 cm³/mol. The van der Waals surface area contributed by atoms with E-state index in [4.69, 9.17) is 4.74 Å². The molecule has 2 fully saturated rings. The fourth-order valence-corrected chi connectivity index (χ4v) is 6.06. The number of sulfonamides is 1. The number of amides is 1. The van der Waals surface area contributed by atoms with E-state index in [0.717, 1.165) is 38.0 Å². The third-order valence-corrected chi connectivity index (χ3v) is 8.34. The number of piperidine rings is 1. The van der Waals surface area contributed by atoms with Crippen LogP contribution in [0.25, 0.3) is 0 Å². The van der Waals surface area contributed by atoms with Crippen LogP contribution in [-0.2, 0) is 23.1 Å². The Morgan fingerprint density at radius 3 is 2.21 bits per heavy atom. The van der Waals surface area contributed by atoms with E-state index in [1.54, 1.807) is 6.07 Å². The zero-order valence-electron chi connectivity index (χ0n) is 19.3. The molecule has 178 valence electrons. The Hall–Kier alpha value is -2.42. The van der Waals surface area contributed by atoms with Crippen LogP contribution < -0.4 is 10.1 Å². The molecule has 2 aromatic carbocycles. The molecule has 7 nitrogen and oxygen atoms in total. The van der Waals surface area contributed by atoms with Gasteiger partial charge in [0, 0.05) is 26.2 Å². The molecule has 2 aliphatic rings. The Morgan fingerprint density at radius 2 is 1.55 bits per heavy atom. The lowest BCUT2D eigenvalue weighted by molar-refractivity contribution is 0.0947. The number of rotatable bonds is 8. The van der Waals surface area contributed by atoms with Crippen molar-refractivity contribution in [1.29, 1.82) is 0 Å². The number of carbonyl (C=O) groups excluding carboxylic acids is 1. The number of hydrogen-bond donors (Lipinski definition) is 1. The van der Waals surface area contributed by atoms with Crippen LogP contribution in [0.2, 0.25) is 0 Å². The van der Waals surface area contributed by atoms with Crippen LogP contribution in [0.3, 0.4) is 0 Å². The maximum Gasteiger partial charge on any atom is 0.255 e. The summed E-state index contributed by atoms with van der Waals surface area (Å²) < 4.78 is 32.6. The molecule has 0 bridgehead atoms. The van der Waals surface area contributed by atoms with Gasteiger partial charge in [0.15, 0.2) is 0 Å². The molecule has 0 aromatic heterocycles. The van der Waals surface area contributed by atoms with Gasteiger partial charge in [-0.15, -0.1) is 0 Å². The first kappa shape index (κ1) is 23.7. The van der Waals surface area contributed by atoms with Gasteiger partial charge in [0.05, 0.1) is 17.6 Å². The smallest absolute Gasteiger partial charge is 0.255 e. The number of benzene rings is 2. The van der Waals surface area contributed by atoms with Crippen molar-refractivity contribution >= 4 is 15.9 Å². The summed E-state index contributed by atoms with van der Waals surface area (Å²) in [6, 6.07) is 12.8. The van der Waals surface area contributed by atoms with E-state index in [2.05, 4.69) is 22.3 Å². The van der Waals surface area contributed by atoms with E-state index < -0.39 is 10.0 Å². The van der Waals surface area contributed by atoms with Crippen molar-refractivity contribution in [3.05, 3.63) is 59.2 Å². The molecular weight excluding hydrogens is 438 g/mol. The highest BCUT2D eigenvalue weighted by atomic mass is 32.2. The molecule has 2 aromatic rings. The number of ether oxygens (including phenoxy) is 1. The lowest BCUT2D eigenvalue weighted by atomic mass is 10.1. The molecule has 2 aliphatic heterocycles. The maximum absolute atomic E-state index is 12.9. The first-order valence-corrected chi connectivity index (χ1v) is 13.2. The number of nitrogens with one attached hydrogen (secondary N) is 1. The van der Waals surface area contributed by atoms with E-state index >= 15 is 0 Å². The van der Waals surface area contributed by atoms with Crippen molar-refractivity contribution < 1.29 is 17.9 Å². The Morgan fingerprint density at radius 1 is 0.909 bits per heavy atom. The zero-order valence-corrected chi connectivity index (χ0v) is 20.1. The van der Waals surface area contributed by atoms with Crippen LogP contribution in [0.4, 0.5) is 0 Å². The Balaban J connectivity index is 1.41. The summed E-state index contributed by atoms with van der Waals surface area (Å²) in [5.41, 5.74) is 2.48. The minimum Gasteiger partial charge on any atom is -0.496 e. The second kappa shape index (κ2) is 10.7. The van der Waals surface area contributed by atoms with Crippen LogP contribution in [-0.4, -0.2) is 56.8 Å². The number of carbonyl (C=O) groups is 1. The number of nitrogens with zero attached hydrogens (tertiary/aromatic N) is 2. The van der Waals surface area contributed by atoms with Gasteiger partial charge >= 0.3 is 0 Å². The highest BCUT2D eigenvalue weighted by Gasteiger charge is 2.28. The lowest BCUT2D eigenvalue weighted by Crippen LogP contribution is -2.29. The topological polar surface area (TPSA) is 79.0 Å². The molecular formula is C25H33N3O4S. The average molecular weight is 472 g/mol. The molecule has 4 rings (SSSR count). The van der Waals surface area contributed by atoms with Crippen molar-refractivity contribution in [2.24, 2.45) is 0 Å². The van der Waals surface area contributed by atoms with Crippen LogP contribution >= 0.6 is 0 Å². The number of likely N-dealkylation sites (tertiary alicyclic amines) is 1. The third kappa shape index (κ3) is 5.75. The summed E-state index contributed by atoms with van der Waals surface area (Å²) in [6.45, 7) is 4.67. The van der Waals surface area contributed by atoms with Crippen molar-refractivity contribution in [2.75, 3.05) is 33.3 Å². The molecule has 2 saturated heterocycles. The van der Waals surface area contributed by atoms with Gasteiger partial charge in [-0.1, -0.05) is 30.7 Å². The van der Waals surface area contributed by atoms with Gasteiger partial charge in [-0.2, -0.15) is 4.31 Å². The van der Waals surface area contributed by atoms with E-state index in [9.17, 15) is 13.2 Å². The highest BCUT2D eigenvalue weighted by Crippen LogP contribution is 2.26. The third-order valence-electron chi connectivity index (χ3n) is 6.45. The van der Waals surface area contributed by atoms with Crippen molar-refractivity contribution in [3.63, 3.8) is 0 Å². The Labute approximate surface area is 196 Å². The van der Waals surface area contributed by atoms with Crippen molar-refractivity contribution in [3.8, 4) is 5.75 Å². The first-order chi connectivity index (χ1) is 16.0. The molecule has 0 atom stereocenters. The van der Waals surface area contributed by atoms with E-state index in [1.807, 2.05) is 12.1 Å². The van der Waals surface area contributed by atoms with E-state index in [0.29, 0.717) is 25.4 Å². The largest absolute Gasteiger partial charge is 0.496 e. The fraction of sp³-hybridized carbons (Fsp3) is 0.480. The summed E-state index contributed by atoms with van der Waals surface area (Å²) >= 11 is 0. The number of hydrogen-bond acceptors (Lipinski definition) is 5. The molecule has 33 heavy (non-hydrogen) atoms. The van der Waals surface area contributed by atoms with Crippen LogP contribution in [0, 0.1) is 0 Å². The molecule has 0 radical (unpaired) electrons. The Bertz CT molecular complexity index is 1060. The lowest BCUT2D eigenvalue weighted by Gasteiger charge is -2.26. The monoisotopic (exact) mass is 471 g/mol. The molecule has 1 N–H and O–H groups in total. The summed E-state index contributed by atoms with van der Waals surface area (Å²) in [4.78, 5) is 15.5. The number of methoxy groups -OCH3 is 1. The normalized spacial score (nSPS) is 17.7. The summed E-state index contributed by atoms with van der Waals surface area (Å²) in [5, 5.41) is 2.90. The molecule has 1 amide bonds. The standard InChI is InChI=1S/C25H33N3O4S/c1-32-24-12-11-22(33(30,31)28-15-5-6-16-28)17-23(24)25(29)26-18-20-7-9-21(10-8-20)19-27-13-3-2-4-14-27/h7-12,17H,2-6,13-16,18-19H2,1H3,(H,26,29).